The number of rotatable bonds is 3. The minimum atomic E-state index is 0.0806. The van der Waals surface area contributed by atoms with E-state index in [4.69, 9.17) is 0 Å². The van der Waals surface area contributed by atoms with Crippen LogP contribution in [-0.2, 0) is 0 Å². The quantitative estimate of drug-likeness (QED) is 0.836. The molecule has 1 aromatic carbocycles. The number of Topliss-reactive ketones (excluding diaryl/α,β-unsaturated/α-hetero) is 1. The summed E-state index contributed by atoms with van der Waals surface area (Å²) in [6, 6.07) is 8.22. The van der Waals surface area contributed by atoms with Gasteiger partial charge in [0.1, 0.15) is 0 Å². The fourth-order valence-electron chi connectivity index (χ4n) is 2.54. The minimum absolute atomic E-state index is 0.0806. The molecule has 2 unspecified atom stereocenters. The number of hydrogen-bond donors (Lipinski definition) is 1. The summed E-state index contributed by atoms with van der Waals surface area (Å²) in [7, 11) is 2.09. The molecule has 19 heavy (non-hydrogen) atoms. The van der Waals surface area contributed by atoms with Crippen molar-refractivity contribution < 1.29 is 9.90 Å². The fraction of sp³-hybridized carbons (Fsp3) is 0.533. The first-order valence-electron chi connectivity index (χ1n) is 6.71. The predicted octanol–water partition coefficient (Wildman–Crippen LogP) is 1.39. The number of nitrogens with zero attached hydrogens (tertiary/aromatic N) is 2. The van der Waals surface area contributed by atoms with Gasteiger partial charge in [-0.1, -0.05) is 0 Å². The molecule has 0 saturated carbocycles. The topological polar surface area (TPSA) is 43.8 Å². The molecule has 1 fully saturated rings. The summed E-state index contributed by atoms with van der Waals surface area (Å²) >= 11 is 0. The number of likely N-dealkylation sites (N-methyl/N-ethyl adjacent to an activating group) is 1. The van der Waals surface area contributed by atoms with Crippen molar-refractivity contribution in [3.05, 3.63) is 29.8 Å². The predicted molar refractivity (Wildman–Crippen MR) is 76.8 cm³/mol. The molecule has 0 amide bonds. The van der Waals surface area contributed by atoms with Crippen molar-refractivity contribution in [1.29, 1.82) is 0 Å². The van der Waals surface area contributed by atoms with Crippen molar-refractivity contribution in [2.75, 3.05) is 31.6 Å². The first kappa shape index (κ1) is 14.0. The molecule has 2 rings (SSSR count). The van der Waals surface area contributed by atoms with E-state index in [9.17, 15) is 9.90 Å². The Morgan fingerprint density at radius 3 is 2.47 bits per heavy atom. The highest BCUT2D eigenvalue weighted by molar-refractivity contribution is 5.94. The lowest BCUT2D eigenvalue weighted by molar-refractivity contribution is 0.101. The zero-order valence-electron chi connectivity index (χ0n) is 11.8. The van der Waals surface area contributed by atoms with E-state index in [-0.39, 0.29) is 18.4 Å². The molecular formula is C15H22N2O2. The number of carbonyl (C=O) groups is 1. The number of aliphatic hydroxyl groups is 1. The van der Waals surface area contributed by atoms with Crippen LogP contribution in [0.15, 0.2) is 24.3 Å². The number of anilines is 1. The van der Waals surface area contributed by atoms with Crippen LogP contribution < -0.4 is 4.90 Å². The van der Waals surface area contributed by atoms with Gasteiger partial charge in [-0.3, -0.25) is 9.69 Å². The van der Waals surface area contributed by atoms with E-state index in [1.807, 2.05) is 24.3 Å². The average molecular weight is 262 g/mol. The average Bonchev–Trinajstić information content (AvgIpc) is 2.41. The maximum Gasteiger partial charge on any atom is 0.159 e. The van der Waals surface area contributed by atoms with Crippen molar-refractivity contribution in [2.24, 2.45) is 0 Å². The molecule has 0 spiro atoms. The minimum Gasteiger partial charge on any atom is -0.394 e. The Bertz CT molecular complexity index is 444. The lowest BCUT2D eigenvalue weighted by Crippen LogP contribution is -2.57. The van der Waals surface area contributed by atoms with E-state index >= 15 is 0 Å². The van der Waals surface area contributed by atoms with Gasteiger partial charge in [-0.2, -0.15) is 0 Å². The molecule has 1 saturated heterocycles. The molecule has 1 aliphatic rings. The number of hydrogen-bond acceptors (Lipinski definition) is 4. The third-order valence-corrected chi connectivity index (χ3v) is 3.97. The number of aliphatic hydroxyl groups excluding tert-OH is 1. The van der Waals surface area contributed by atoms with Crippen LogP contribution in [0, 0.1) is 0 Å². The lowest BCUT2D eigenvalue weighted by atomic mass is 10.1. The highest BCUT2D eigenvalue weighted by Crippen LogP contribution is 2.23. The largest absolute Gasteiger partial charge is 0.394 e. The molecule has 2 atom stereocenters. The number of carbonyl (C=O) groups excluding carboxylic acids is 1. The summed E-state index contributed by atoms with van der Waals surface area (Å²) in [4.78, 5) is 15.8. The van der Waals surface area contributed by atoms with Crippen LogP contribution >= 0.6 is 0 Å². The monoisotopic (exact) mass is 262 g/mol. The number of piperazine rings is 1. The van der Waals surface area contributed by atoms with E-state index in [1.165, 1.54) is 0 Å². The Labute approximate surface area is 114 Å². The summed E-state index contributed by atoms with van der Waals surface area (Å²) in [6.07, 6.45) is 0. The number of benzene rings is 1. The van der Waals surface area contributed by atoms with Gasteiger partial charge in [0.2, 0.25) is 0 Å². The first-order chi connectivity index (χ1) is 9.02. The second-order valence-corrected chi connectivity index (χ2v) is 5.38. The van der Waals surface area contributed by atoms with Gasteiger partial charge in [-0.25, -0.2) is 0 Å². The molecule has 1 aliphatic heterocycles. The standard InChI is InChI=1S/C15H22N2O2/c1-11-8-17(15(10-18)9-16(11)3)14-6-4-13(5-7-14)12(2)19/h4-7,11,15,18H,8-10H2,1-3H3. The van der Waals surface area contributed by atoms with Crippen molar-refractivity contribution in [1.82, 2.24) is 4.90 Å². The zero-order valence-corrected chi connectivity index (χ0v) is 11.8. The zero-order chi connectivity index (χ0) is 14.0. The Kier molecular flexibility index (Phi) is 4.22. The smallest absolute Gasteiger partial charge is 0.159 e. The van der Waals surface area contributed by atoms with Crippen LogP contribution in [0.4, 0.5) is 5.69 Å². The Morgan fingerprint density at radius 1 is 1.32 bits per heavy atom. The van der Waals surface area contributed by atoms with Crippen LogP contribution in [-0.4, -0.2) is 54.6 Å². The van der Waals surface area contributed by atoms with E-state index in [0.29, 0.717) is 6.04 Å². The van der Waals surface area contributed by atoms with E-state index in [2.05, 4.69) is 23.8 Å². The van der Waals surface area contributed by atoms with Crippen molar-refractivity contribution in [2.45, 2.75) is 25.9 Å². The first-order valence-corrected chi connectivity index (χ1v) is 6.71. The number of ketones is 1. The van der Waals surface area contributed by atoms with Gasteiger partial charge in [-0.05, 0) is 45.2 Å². The normalized spacial score (nSPS) is 24.5. The molecule has 104 valence electrons. The maximum atomic E-state index is 11.3. The Hall–Kier alpha value is -1.39. The third-order valence-electron chi connectivity index (χ3n) is 3.97. The highest BCUT2D eigenvalue weighted by atomic mass is 16.3. The van der Waals surface area contributed by atoms with Gasteiger partial charge in [0.15, 0.2) is 5.78 Å². The molecule has 0 bridgehead atoms. The van der Waals surface area contributed by atoms with Crippen LogP contribution in [0.25, 0.3) is 0 Å². The van der Waals surface area contributed by atoms with Crippen LogP contribution in [0.5, 0.6) is 0 Å². The molecule has 1 N–H and O–H groups in total. The lowest BCUT2D eigenvalue weighted by Gasteiger charge is -2.44. The molecule has 4 heteroatoms. The van der Waals surface area contributed by atoms with Crippen molar-refractivity contribution >= 4 is 11.5 Å². The SMILES string of the molecule is CC(=O)c1ccc(N2CC(C)N(C)CC2CO)cc1. The fourth-order valence-corrected chi connectivity index (χ4v) is 2.54. The molecule has 0 aliphatic carbocycles. The Morgan fingerprint density at radius 2 is 1.95 bits per heavy atom. The molecule has 1 aromatic rings. The van der Waals surface area contributed by atoms with Gasteiger partial charge in [0.05, 0.1) is 12.6 Å². The third kappa shape index (κ3) is 2.96. The maximum absolute atomic E-state index is 11.3. The van der Waals surface area contributed by atoms with Crippen LogP contribution in [0.3, 0.4) is 0 Å². The van der Waals surface area contributed by atoms with E-state index in [0.717, 1.165) is 24.3 Å². The van der Waals surface area contributed by atoms with E-state index in [1.54, 1.807) is 6.92 Å². The van der Waals surface area contributed by atoms with Crippen molar-refractivity contribution in [3.8, 4) is 0 Å². The van der Waals surface area contributed by atoms with Gasteiger partial charge >= 0.3 is 0 Å². The Balaban J connectivity index is 2.21. The van der Waals surface area contributed by atoms with Gasteiger partial charge in [0, 0.05) is 30.4 Å². The summed E-state index contributed by atoms with van der Waals surface area (Å²) in [5.74, 6) is 0.0806. The molecule has 1 heterocycles. The van der Waals surface area contributed by atoms with Gasteiger partial charge < -0.3 is 10.0 Å². The molecule has 4 nitrogen and oxygen atoms in total. The van der Waals surface area contributed by atoms with E-state index < -0.39 is 0 Å². The summed E-state index contributed by atoms with van der Waals surface area (Å²) in [6.45, 7) is 5.65. The molecular weight excluding hydrogens is 240 g/mol. The molecule has 0 radical (unpaired) electrons. The summed E-state index contributed by atoms with van der Waals surface area (Å²) < 4.78 is 0. The molecule has 0 aromatic heterocycles. The second kappa shape index (κ2) is 5.72. The highest BCUT2D eigenvalue weighted by Gasteiger charge is 2.29. The van der Waals surface area contributed by atoms with Gasteiger partial charge in [-0.15, -0.1) is 0 Å². The summed E-state index contributed by atoms with van der Waals surface area (Å²) in [5.41, 5.74) is 1.80. The van der Waals surface area contributed by atoms with Crippen LogP contribution in [0.1, 0.15) is 24.2 Å². The van der Waals surface area contributed by atoms with Crippen LogP contribution in [0.2, 0.25) is 0 Å². The summed E-state index contributed by atoms with van der Waals surface area (Å²) in [5, 5.41) is 9.55. The van der Waals surface area contributed by atoms with Gasteiger partial charge in [0.25, 0.3) is 0 Å². The van der Waals surface area contributed by atoms with Crippen molar-refractivity contribution in [3.63, 3.8) is 0 Å². The second-order valence-electron chi connectivity index (χ2n) is 5.38.